The molecule has 0 atom stereocenters. The van der Waals surface area contributed by atoms with Gasteiger partial charge in [-0.3, -0.25) is 9.59 Å². The SMILES string of the molecule is CCCCOc1ccccc1NC(=O)CC(=O)OCCO. The monoisotopic (exact) mass is 295 g/mol. The molecule has 1 aromatic rings. The summed E-state index contributed by atoms with van der Waals surface area (Å²) in [7, 11) is 0. The van der Waals surface area contributed by atoms with Crippen LogP contribution in [0.5, 0.6) is 5.75 Å². The van der Waals surface area contributed by atoms with Crippen molar-refractivity contribution in [1.82, 2.24) is 0 Å². The van der Waals surface area contributed by atoms with Crippen molar-refractivity contribution in [2.45, 2.75) is 26.2 Å². The fourth-order valence-corrected chi connectivity index (χ4v) is 1.56. The minimum absolute atomic E-state index is 0.108. The van der Waals surface area contributed by atoms with E-state index in [-0.39, 0.29) is 13.2 Å². The summed E-state index contributed by atoms with van der Waals surface area (Å²) in [5, 5.41) is 11.1. The van der Waals surface area contributed by atoms with E-state index in [1.165, 1.54) is 0 Å². The van der Waals surface area contributed by atoms with Gasteiger partial charge in [-0.1, -0.05) is 25.5 Å². The van der Waals surface area contributed by atoms with E-state index in [1.807, 2.05) is 6.07 Å². The Bertz CT molecular complexity index is 461. The average molecular weight is 295 g/mol. The number of rotatable bonds is 9. The second-order valence-corrected chi connectivity index (χ2v) is 4.37. The number of hydrogen-bond acceptors (Lipinski definition) is 5. The number of carbonyl (C=O) groups is 2. The molecule has 0 saturated carbocycles. The smallest absolute Gasteiger partial charge is 0.315 e. The standard InChI is InChI=1S/C15H21NO5/c1-2-3-9-20-13-7-5-4-6-12(13)16-14(18)11-15(19)21-10-8-17/h4-7,17H,2-3,8-11H2,1H3,(H,16,18). The van der Waals surface area contributed by atoms with Crippen LogP contribution >= 0.6 is 0 Å². The highest BCUT2D eigenvalue weighted by Crippen LogP contribution is 2.24. The van der Waals surface area contributed by atoms with Crippen LogP contribution in [0.15, 0.2) is 24.3 Å². The number of anilines is 1. The molecule has 0 aliphatic carbocycles. The van der Waals surface area contributed by atoms with E-state index in [0.717, 1.165) is 12.8 Å². The Balaban J connectivity index is 2.53. The van der Waals surface area contributed by atoms with Gasteiger partial charge < -0.3 is 19.9 Å². The summed E-state index contributed by atoms with van der Waals surface area (Å²) >= 11 is 0. The second-order valence-electron chi connectivity index (χ2n) is 4.37. The maximum atomic E-state index is 11.7. The third-order valence-electron chi connectivity index (χ3n) is 2.58. The third kappa shape index (κ3) is 6.76. The molecule has 21 heavy (non-hydrogen) atoms. The molecule has 0 aliphatic heterocycles. The highest BCUT2D eigenvalue weighted by atomic mass is 16.5. The molecule has 0 heterocycles. The van der Waals surface area contributed by atoms with Crippen molar-refractivity contribution >= 4 is 17.6 Å². The van der Waals surface area contributed by atoms with Crippen molar-refractivity contribution < 1.29 is 24.2 Å². The highest BCUT2D eigenvalue weighted by Gasteiger charge is 2.12. The first-order valence-electron chi connectivity index (χ1n) is 6.95. The number of hydrogen-bond donors (Lipinski definition) is 2. The Morgan fingerprint density at radius 3 is 2.71 bits per heavy atom. The lowest BCUT2D eigenvalue weighted by Gasteiger charge is -2.12. The van der Waals surface area contributed by atoms with Crippen molar-refractivity contribution in [2.24, 2.45) is 0 Å². The van der Waals surface area contributed by atoms with Crippen LogP contribution in [0.4, 0.5) is 5.69 Å². The molecular weight excluding hydrogens is 274 g/mol. The number of aliphatic hydroxyl groups is 1. The number of unbranched alkanes of at least 4 members (excludes halogenated alkanes) is 1. The molecule has 116 valence electrons. The third-order valence-corrected chi connectivity index (χ3v) is 2.58. The normalized spacial score (nSPS) is 10.0. The van der Waals surface area contributed by atoms with E-state index >= 15 is 0 Å². The Labute approximate surface area is 124 Å². The number of benzene rings is 1. The van der Waals surface area contributed by atoms with Crippen LogP contribution in [-0.4, -0.2) is 36.8 Å². The lowest BCUT2D eigenvalue weighted by molar-refractivity contribution is -0.146. The fourth-order valence-electron chi connectivity index (χ4n) is 1.56. The molecule has 6 nitrogen and oxygen atoms in total. The van der Waals surface area contributed by atoms with Gasteiger partial charge in [0.05, 0.1) is 18.9 Å². The van der Waals surface area contributed by atoms with Gasteiger partial charge in [0.1, 0.15) is 18.8 Å². The van der Waals surface area contributed by atoms with Gasteiger partial charge in [-0.15, -0.1) is 0 Å². The molecule has 0 unspecified atom stereocenters. The predicted molar refractivity (Wildman–Crippen MR) is 78.1 cm³/mol. The molecule has 0 aromatic heterocycles. The quantitative estimate of drug-likeness (QED) is 0.412. The van der Waals surface area contributed by atoms with Gasteiger partial charge in [-0.05, 0) is 18.6 Å². The number of amides is 1. The van der Waals surface area contributed by atoms with Crippen molar-refractivity contribution in [1.29, 1.82) is 0 Å². The van der Waals surface area contributed by atoms with Crippen molar-refractivity contribution in [3.63, 3.8) is 0 Å². The molecule has 0 radical (unpaired) electrons. The summed E-state index contributed by atoms with van der Waals surface area (Å²) in [6, 6.07) is 7.05. The molecular formula is C15H21NO5. The summed E-state index contributed by atoms with van der Waals surface area (Å²) in [5.41, 5.74) is 0.522. The Morgan fingerprint density at radius 2 is 2.00 bits per heavy atom. The molecule has 0 aliphatic rings. The molecule has 1 rings (SSSR count). The van der Waals surface area contributed by atoms with Gasteiger partial charge in [0.2, 0.25) is 5.91 Å². The topological polar surface area (TPSA) is 84.9 Å². The van der Waals surface area contributed by atoms with Crippen LogP contribution in [0.25, 0.3) is 0 Å². The van der Waals surface area contributed by atoms with E-state index in [4.69, 9.17) is 9.84 Å². The van der Waals surface area contributed by atoms with Gasteiger partial charge in [0, 0.05) is 0 Å². The van der Waals surface area contributed by atoms with Crippen molar-refractivity contribution in [3.05, 3.63) is 24.3 Å². The van der Waals surface area contributed by atoms with Gasteiger partial charge in [-0.2, -0.15) is 0 Å². The lowest BCUT2D eigenvalue weighted by Crippen LogP contribution is -2.19. The Hall–Kier alpha value is -2.08. The molecule has 1 aromatic carbocycles. The number of aliphatic hydroxyl groups excluding tert-OH is 1. The minimum Gasteiger partial charge on any atom is -0.491 e. The zero-order chi connectivity index (χ0) is 15.5. The number of ether oxygens (including phenoxy) is 2. The number of carbonyl (C=O) groups excluding carboxylic acids is 2. The predicted octanol–water partition coefficient (Wildman–Crippen LogP) is 1.73. The van der Waals surface area contributed by atoms with Crippen LogP contribution in [-0.2, 0) is 14.3 Å². The summed E-state index contributed by atoms with van der Waals surface area (Å²) in [4.78, 5) is 23.0. The Kier molecular flexibility index (Phi) is 7.89. The largest absolute Gasteiger partial charge is 0.491 e. The minimum atomic E-state index is -0.675. The first-order valence-corrected chi connectivity index (χ1v) is 6.95. The van der Waals surface area contributed by atoms with Crippen LogP contribution in [0.3, 0.4) is 0 Å². The maximum absolute atomic E-state index is 11.7. The number of esters is 1. The summed E-state index contributed by atoms with van der Waals surface area (Å²) in [6.07, 6.45) is 1.55. The van der Waals surface area contributed by atoms with Gasteiger partial charge >= 0.3 is 5.97 Å². The van der Waals surface area contributed by atoms with E-state index in [9.17, 15) is 9.59 Å². The molecule has 2 N–H and O–H groups in total. The van der Waals surface area contributed by atoms with Gasteiger partial charge in [-0.25, -0.2) is 0 Å². The highest BCUT2D eigenvalue weighted by molar-refractivity contribution is 6.02. The molecule has 1 amide bonds. The van der Waals surface area contributed by atoms with Gasteiger partial charge in [0.25, 0.3) is 0 Å². The van der Waals surface area contributed by atoms with Crippen LogP contribution < -0.4 is 10.1 Å². The number of para-hydroxylation sites is 2. The average Bonchev–Trinajstić information content (AvgIpc) is 2.47. The lowest BCUT2D eigenvalue weighted by atomic mass is 10.2. The maximum Gasteiger partial charge on any atom is 0.315 e. The zero-order valence-electron chi connectivity index (χ0n) is 12.1. The summed E-state index contributed by atoms with van der Waals surface area (Å²) < 4.78 is 10.2. The molecule has 0 saturated heterocycles. The first kappa shape index (κ1) is 17.0. The van der Waals surface area contributed by atoms with E-state index in [1.54, 1.807) is 18.2 Å². The van der Waals surface area contributed by atoms with Crippen LogP contribution in [0, 0.1) is 0 Å². The Morgan fingerprint density at radius 1 is 1.24 bits per heavy atom. The van der Waals surface area contributed by atoms with Crippen LogP contribution in [0.2, 0.25) is 0 Å². The molecule has 0 bridgehead atoms. The molecule has 0 fully saturated rings. The fraction of sp³-hybridized carbons (Fsp3) is 0.467. The van der Waals surface area contributed by atoms with Crippen molar-refractivity contribution in [3.8, 4) is 5.75 Å². The summed E-state index contributed by atoms with van der Waals surface area (Å²) in [6.45, 7) is 2.27. The first-order chi connectivity index (χ1) is 10.2. The zero-order valence-corrected chi connectivity index (χ0v) is 12.1. The van der Waals surface area contributed by atoms with Crippen molar-refractivity contribution in [2.75, 3.05) is 25.1 Å². The van der Waals surface area contributed by atoms with Crippen LogP contribution in [0.1, 0.15) is 26.2 Å². The van der Waals surface area contributed by atoms with E-state index < -0.39 is 18.3 Å². The van der Waals surface area contributed by atoms with E-state index in [2.05, 4.69) is 17.0 Å². The summed E-state index contributed by atoms with van der Waals surface area (Å²) in [5.74, 6) is -0.585. The molecule has 6 heteroatoms. The molecule has 0 spiro atoms. The second kappa shape index (κ2) is 9.77. The van der Waals surface area contributed by atoms with E-state index in [0.29, 0.717) is 18.0 Å². The van der Waals surface area contributed by atoms with Gasteiger partial charge in [0.15, 0.2) is 0 Å². The number of nitrogens with one attached hydrogen (secondary N) is 1.